The summed E-state index contributed by atoms with van der Waals surface area (Å²) in [5, 5.41) is 14.7. The minimum Gasteiger partial charge on any atom is -0.480 e. The van der Waals surface area contributed by atoms with Gasteiger partial charge in [0.1, 0.15) is 6.04 Å². The Morgan fingerprint density at radius 2 is 2.19 bits per heavy atom. The lowest BCUT2D eigenvalue weighted by atomic mass is 9.97. The van der Waals surface area contributed by atoms with Gasteiger partial charge in [-0.2, -0.15) is 0 Å². The van der Waals surface area contributed by atoms with Gasteiger partial charge >= 0.3 is 5.97 Å². The first-order chi connectivity index (χ1) is 7.74. The van der Waals surface area contributed by atoms with E-state index in [1.807, 2.05) is 0 Å². The fourth-order valence-corrected chi connectivity index (χ4v) is 1.90. The van der Waals surface area contributed by atoms with E-state index in [1.54, 1.807) is 7.05 Å². The largest absolute Gasteiger partial charge is 0.480 e. The first kappa shape index (κ1) is 13.4. The lowest BCUT2D eigenvalue weighted by molar-refractivity contribution is -0.139. The second-order valence-corrected chi connectivity index (χ2v) is 4.23. The summed E-state index contributed by atoms with van der Waals surface area (Å²) in [6.45, 7) is 3.11. The third-order valence-corrected chi connectivity index (χ3v) is 3.07. The smallest absolute Gasteiger partial charge is 0.322 e. The van der Waals surface area contributed by atoms with Gasteiger partial charge in [-0.25, -0.2) is 0 Å². The highest BCUT2D eigenvalue weighted by atomic mass is 16.5. The molecule has 0 radical (unpaired) electrons. The third kappa shape index (κ3) is 4.92. The van der Waals surface area contributed by atoms with Crippen LogP contribution >= 0.6 is 0 Å². The van der Waals surface area contributed by atoms with Crippen molar-refractivity contribution in [1.29, 1.82) is 0 Å². The van der Waals surface area contributed by atoms with Gasteiger partial charge in [-0.05, 0) is 38.8 Å². The summed E-state index contributed by atoms with van der Waals surface area (Å²) in [6.07, 6.45) is 3.38. The molecule has 0 aromatic carbocycles. The maximum Gasteiger partial charge on any atom is 0.322 e. The predicted molar refractivity (Wildman–Crippen MR) is 61.5 cm³/mol. The molecule has 0 spiro atoms. The summed E-state index contributed by atoms with van der Waals surface area (Å²) >= 11 is 0. The van der Waals surface area contributed by atoms with Gasteiger partial charge < -0.3 is 20.5 Å². The number of rotatable bonds is 7. The van der Waals surface area contributed by atoms with Gasteiger partial charge in [0.15, 0.2) is 0 Å². The Hall–Kier alpha value is -0.650. The fourth-order valence-electron chi connectivity index (χ4n) is 1.90. The van der Waals surface area contributed by atoms with E-state index in [-0.39, 0.29) is 0 Å². The molecule has 0 amide bonds. The lowest BCUT2D eigenvalue weighted by Gasteiger charge is -2.22. The predicted octanol–water partition coefficient (Wildman–Crippen LogP) is 0.0653. The van der Waals surface area contributed by atoms with Crippen molar-refractivity contribution in [3.63, 3.8) is 0 Å². The van der Waals surface area contributed by atoms with Gasteiger partial charge in [0, 0.05) is 19.8 Å². The fraction of sp³-hybridized carbons (Fsp3) is 0.909. The van der Waals surface area contributed by atoms with E-state index in [1.165, 1.54) is 0 Å². The first-order valence-corrected chi connectivity index (χ1v) is 5.92. The number of nitrogens with one attached hydrogen (secondary N) is 2. The summed E-state index contributed by atoms with van der Waals surface area (Å²) in [5.41, 5.74) is 0. The maximum atomic E-state index is 10.7. The van der Waals surface area contributed by atoms with Crippen LogP contribution in [0.15, 0.2) is 0 Å². The van der Waals surface area contributed by atoms with Gasteiger partial charge in [0.25, 0.3) is 0 Å². The molecule has 1 atom stereocenters. The zero-order valence-corrected chi connectivity index (χ0v) is 9.87. The molecular weight excluding hydrogens is 208 g/mol. The molecule has 16 heavy (non-hydrogen) atoms. The quantitative estimate of drug-likeness (QED) is 0.540. The third-order valence-electron chi connectivity index (χ3n) is 3.07. The molecule has 0 aliphatic carbocycles. The zero-order chi connectivity index (χ0) is 11.8. The minimum atomic E-state index is -0.805. The number of carboxylic acids is 1. The van der Waals surface area contributed by atoms with Crippen LogP contribution in [0, 0.1) is 5.92 Å². The Labute approximate surface area is 96.6 Å². The molecule has 0 aromatic rings. The maximum absolute atomic E-state index is 10.7. The van der Waals surface area contributed by atoms with E-state index < -0.39 is 12.0 Å². The second kappa shape index (κ2) is 7.60. The van der Waals surface area contributed by atoms with E-state index in [0.717, 1.165) is 44.9 Å². The van der Waals surface area contributed by atoms with Gasteiger partial charge in [-0.3, -0.25) is 4.79 Å². The molecule has 0 aromatic heterocycles. The van der Waals surface area contributed by atoms with E-state index >= 15 is 0 Å². The Morgan fingerprint density at radius 1 is 1.50 bits per heavy atom. The van der Waals surface area contributed by atoms with E-state index in [4.69, 9.17) is 9.84 Å². The number of ether oxygens (including phenoxy) is 1. The molecule has 1 saturated heterocycles. The van der Waals surface area contributed by atoms with Crippen molar-refractivity contribution < 1.29 is 14.6 Å². The van der Waals surface area contributed by atoms with Gasteiger partial charge in [0.2, 0.25) is 0 Å². The molecule has 3 N–H and O–H groups in total. The minimum absolute atomic E-state index is 0.481. The van der Waals surface area contributed by atoms with Gasteiger partial charge in [0.05, 0.1) is 0 Å². The zero-order valence-electron chi connectivity index (χ0n) is 9.87. The molecule has 1 aliphatic heterocycles. The molecule has 1 heterocycles. The van der Waals surface area contributed by atoms with Crippen molar-refractivity contribution in [2.45, 2.75) is 25.3 Å². The standard InChI is InChI=1S/C11H22N2O3/c1-12-10(11(14)15)8-13-5-2-9-3-6-16-7-4-9/h9-10,12-13H,2-8H2,1H3,(H,14,15). The Morgan fingerprint density at radius 3 is 2.75 bits per heavy atom. The molecule has 5 heteroatoms. The summed E-state index contributed by atoms with van der Waals surface area (Å²) in [6, 6.07) is -0.491. The Bertz CT molecular complexity index is 205. The van der Waals surface area contributed by atoms with Crippen LogP contribution in [0.2, 0.25) is 0 Å². The van der Waals surface area contributed by atoms with Crippen molar-refractivity contribution in [1.82, 2.24) is 10.6 Å². The van der Waals surface area contributed by atoms with Crippen LogP contribution in [0.5, 0.6) is 0 Å². The van der Waals surface area contributed by atoms with Crippen molar-refractivity contribution >= 4 is 5.97 Å². The van der Waals surface area contributed by atoms with Crippen LogP contribution in [-0.2, 0) is 9.53 Å². The van der Waals surface area contributed by atoms with E-state index in [9.17, 15) is 4.79 Å². The molecule has 94 valence electrons. The molecule has 0 saturated carbocycles. The van der Waals surface area contributed by atoms with Crippen molar-refractivity contribution in [3.8, 4) is 0 Å². The number of aliphatic carboxylic acids is 1. The number of hydrogen-bond donors (Lipinski definition) is 3. The van der Waals surface area contributed by atoms with Crippen LogP contribution in [-0.4, -0.2) is 50.5 Å². The van der Waals surface area contributed by atoms with E-state index in [2.05, 4.69) is 10.6 Å². The summed E-state index contributed by atoms with van der Waals surface area (Å²) in [7, 11) is 1.67. The van der Waals surface area contributed by atoms with E-state index in [0.29, 0.717) is 6.54 Å². The van der Waals surface area contributed by atoms with Crippen LogP contribution < -0.4 is 10.6 Å². The number of likely N-dealkylation sites (N-methyl/N-ethyl adjacent to an activating group) is 1. The normalized spacial score (nSPS) is 19.6. The number of carbonyl (C=O) groups is 1. The molecule has 0 bridgehead atoms. The summed E-state index contributed by atoms with van der Waals surface area (Å²) < 4.78 is 5.28. The monoisotopic (exact) mass is 230 g/mol. The number of hydrogen-bond acceptors (Lipinski definition) is 4. The molecule has 1 unspecified atom stereocenters. The van der Waals surface area contributed by atoms with Crippen LogP contribution in [0.4, 0.5) is 0 Å². The topological polar surface area (TPSA) is 70.6 Å². The highest BCUT2D eigenvalue weighted by Gasteiger charge is 2.15. The molecule has 1 aliphatic rings. The first-order valence-electron chi connectivity index (χ1n) is 5.92. The van der Waals surface area contributed by atoms with Crippen molar-refractivity contribution in [2.75, 3.05) is 33.4 Å². The van der Waals surface area contributed by atoms with Gasteiger partial charge in [-0.15, -0.1) is 0 Å². The van der Waals surface area contributed by atoms with Crippen molar-refractivity contribution in [3.05, 3.63) is 0 Å². The summed E-state index contributed by atoms with van der Waals surface area (Å²) in [4.78, 5) is 10.7. The number of carboxylic acid groups (broad SMARTS) is 1. The van der Waals surface area contributed by atoms with Gasteiger partial charge in [-0.1, -0.05) is 0 Å². The average molecular weight is 230 g/mol. The van der Waals surface area contributed by atoms with Crippen LogP contribution in [0.25, 0.3) is 0 Å². The van der Waals surface area contributed by atoms with Crippen molar-refractivity contribution in [2.24, 2.45) is 5.92 Å². The highest BCUT2D eigenvalue weighted by Crippen LogP contribution is 2.17. The molecule has 1 rings (SSSR count). The van der Waals surface area contributed by atoms with Crippen LogP contribution in [0.3, 0.4) is 0 Å². The molecule has 1 fully saturated rings. The highest BCUT2D eigenvalue weighted by molar-refractivity contribution is 5.73. The SMILES string of the molecule is CNC(CNCCC1CCOCC1)C(=O)O. The summed E-state index contributed by atoms with van der Waals surface area (Å²) in [5.74, 6) is -0.0693. The Kier molecular flexibility index (Phi) is 6.37. The second-order valence-electron chi connectivity index (χ2n) is 4.23. The molecule has 5 nitrogen and oxygen atoms in total. The average Bonchev–Trinajstić information content (AvgIpc) is 2.30. The lowest BCUT2D eigenvalue weighted by Crippen LogP contribution is -2.43. The molecular formula is C11H22N2O3. The Balaban J connectivity index is 2.03. The van der Waals surface area contributed by atoms with Crippen LogP contribution in [0.1, 0.15) is 19.3 Å².